The third kappa shape index (κ3) is 2.89. The lowest BCUT2D eigenvalue weighted by Gasteiger charge is -2.33. The van der Waals surface area contributed by atoms with Crippen molar-refractivity contribution in [1.82, 2.24) is 0 Å². The van der Waals surface area contributed by atoms with Crippen molar-refractivity contribution in [2.45, 2.75) is 39.2 Å². The minimum absolute atomic E-state index is 0. The Kier molecular flexibility index (Phi) is 4.30. The highest BCUT2D eigenvalue weighted by Crippen LogP contribution is 2.30. The standard InChI is InChI=1S/C8H17N.ClH/c1-6(2)3-7-4-8(9)5-7;/h6-8H,3-5,9H2,1-2H3;1H. The van der Waals surface area contributed by atoms with Crippen molar-refractivity contribution in [1.29, 1.82) is 0 Å². The van der Waals surface area contributed by atoms with Crippen LogP contribution in [0.25, 0.3) is 0 Å². The molecule has 0 aliphatic heterocycles. The average molecular weight is 164 g/mol. The molecule has 0 aromatic carbocycles. The maximum Gasteiger partial charge on any atom is 0.00441 e. The summed E-state index contributed by atoms with van der Waals surface area (Å²) in [6, 6.07) is 0.536. The molecule has 0 bridgehead atoms. The highest BCUT2D eigenvalue weighted by Gasteiger charge is 2.25. The van der Waals surface area contributed by atoms with Gasteiger partial charge in [-0.15, -0.1) is 12.4 Å². The van der Waals surface area contributed by atoms with Crippen LogP contribution >= 0.6 is 12.4 Å². The van der Waals surface area contributed by atoms with Crippen LogP contribution in [0.1, 0.15) is 33.1 Å². The minimum Gasteiger partial charge on any atom is -0.328 e. The fraction of sp³-hybridized carbons (Fsp3) is 1.00. The van der Waals surface area contributed by atoms with E-state index >= 15 is 0 Å². The van der Waals surface area contributed by atoms with Crippen LogP contribution in [0.2, 0.25) is 0 Å². The molecule has 1 saturated carbocycles. The van der Waals surface area contributed by atoms with E-state index in [1.807, 2.05) is 0 Å². The van der Waals surface area contributed by atoms with Gasteiger partial charge >= 0.3 is 0 Å². The lowest BCUT2D eigenvalue weighted by molar-refractivity contribution is 0.226. The summed E-state index contributed by atoms with van der Waals surface area (Å²) in [5, 5.41) is 0. The van der Waals surface area contributed by atoms with Gasteiger partial charge in [0.25, 0.3) is 0 Å². The zero-order valence-electron chi connectivity index (χ0n) is 6.84. The SMILES string of the molecule is CC(C)CC1CC(N)C1.Cl. The summed E-state index contributed by atoms with van der Waals surface area (Å²) in [4.78, 5) is 0. The van der Waals surface area contributed by atoms with Gasteiger partial charge in [0.2, 0.25) is 0 Å². The fourth-order valence-corrected chi connectivity index (χ4v) is 1.65. The van der Waals surface area contributed by atoms with E-state index in [-0.39, 0.29) is 12.4 Å². The first kappa shape index (κ1) is 10.2. The van der Waals surface area contributed by atoms with Gasteiger partial charge in [-0.05, 0) is 31.1 Å². The van der Waals surface area contributed by atoms with E-state index in [4.69, 9.17) is 5.73 Å². The number of hydrogen-bond acceptors (Lipinski definition) is 1. The second kappa shape index (κ2) is 4.20. The number of nitrogens with two attached hydrogens (primary N) is 1. The lowest BCUT2D eigenvalue weighted by Crippen LogP contribution is -2.36. The van der Waals surface area contributed by atoms with Crippen molar-refractivity contribution >= 4 is 12.4 Å². The zero-order valence-corrected chi connectivity index (χ0v) is 7.66. The van der Waals surface area contributed by atoms with E-state index in [0.29, 0.717) is 6.04 Å². The maximum atomic E-state index is 5.64. The summed E-state index contributed by atoms with van der Waals surface area (Å²) < 4.78 is 0. The van der Waals surface area contributed by atoms with Gasteiger partial charge in [0.05, 0.1) is 0 Å². The van der Waals surface area contributed by atoms with Gasteiger partial charge in [0.15, 0.2) is 0 Å². The molecule has 0 radical (unpaired) electrons. The molecule has 0 aromatic rings. The van der Waals surface area contributed by atoms with Gasteiger partial charge in [-0.3, -0.25) is 0 Å². The Bertz CT molecular complexity index is 87.3. The Morgan fingerprint density at radius 3 is 2.20 bits per heavy atom. The highest BCUT2D eigenvalue weighted by molar-refractivity contribution is 5.85. The van der Waals surface area contributed by atoms with Crippen molar-refractivity contribution in [2.75, 3.05) is 0 Å². The van der Waals surface area contributed by atoms with Crippen molar-refractivity contribution in [3.63, 3.8) is 0 Å². The van der Waals surface area contributed by atoms with Crippen LogP contribution in [-0.2, 0) is 0 Å². The topological polar surface area (TPSA) is 26.0 Å². The summed E-state index contributed by atoms with van der Waals surface area (Å²) in [5.41, 5.74) is 5.64. The highest BCUT2D eigenvalue weighted by atomic mass is 35.5. The summed E-state index contributed by atoms with van der Waals surface area (Å²) in [7, 11) is 0. The third-order valence-corrected chi connectivity index (χ3v) is 2.08. The van der Waals surface area contributed by atoms with E-state index < -0.39 is 0 Å². The van der Waals surface area contributed by atoms with Crippen LogP contribution in [0, 0.1) is 11.8 Å². The van der Waals surface area contributed by atoms with Gasteiger partial charge in [0, 0.05) is 6.04 Å². The molecule has 1 aliphatic carbocycles. The van der Waals surface area contributed by atoms with Crippen molar-refractivity contribution in [3.8, 4) is 0 Å². The summed E-state index contributed by atoms with van der Waals surface area (Å²) in [6.07, 6.45) is 3.93. The minimum atomic E-state index is 0. The van der Waals surface area contributed by atoms with Gasteiger partial charge in [0.1, 0.15) is 0 Å². The molecule has 2 heteroatoms. The van der Waals surface area contributed by atoms with Crippen LogP contribution in [0.5, 0.6) is 0 Å². The van der Waals surface area contributed by atoms with Gasteiger partial charge in [-0.2, -0.15) is 0 Å². The molecule has 10 heavy (non-hydrogen) atoms. The molecular formula is C8H18ClN. The Hall–Kier alpha value is 0.250. The third-order valence-electron chi connectivity index (χ3n) is 2.08. The van der Waals surface area contributed by atoms with Crippen molar-refractivity contribution < 1.29 is 0 Å². The second-order valence-corrected chi connectivity index (χ2v) is 3.73. The Balaban J connectivity index is 0.000000810. The van der Waals surface area contributed by atoms with Crippen LogP contribution in [0.4, 0.5) is 0 Å². The Morgan fingerprint density at radius 1 is 1.40 bits per heavy atom. The summed E-state index contributed by atoms with van der Waals surface area (Å²) >= 11 is 0. The molecule has 1 rings (SSSR count). The quantitative estimate of drug-likeness (QED) is 0.664. The smallest absolute Gasteiger partial charge is 0.00441 e. The molecule has 62 valence electrons. The molecule has 0 saturated heterocycles. The van der Waals surface area contributed by atoms with E-state index in [9.17, 15) is 0 Å². The molecule has 0 spiro atoms. The lowest BCUT2D eigenvalue weighted by atomic mass is 9.76. The largest absolute Gasteiger partial charge is 0.328 e. The van der Waals surface area contributed by atoms with E-state index in [0.717, 1.165) is 11.8 Å². The predicted octanol–water partition coefficient (Wildman–Crippen LogP) is 2.19. The van der Waals surface area contributed by atoms with Crippen LogP contribution in [-0.4, -0.2) is 6.04 Å². The molecule has 2 N–H and O–H groups in total. The monoisotopic (exact) mass is 163 g/mol. The van der Waals surface area contributed by atoms with Crippen molar-refractivity contribution in [2.24, 2.45) is 17.6 Å². The number of hydrogen-bond donors (Lipinski definition) is 1. The zero-order chi connectivity index (χ0) is 6.85. The average Bonchev–Trinajstić information content (AvgIpc) is 1.60. The van der Waals surface area contributed by atoms with Gasteiger partial charge in [-0.1, -0.05) is 13.8 Å². The van der Waals surface area contributed by atoms with Gasteiger partial charge < -0.3 is 5.73 Å². The molecule has 0 heterocycles. The molecule has 0 amide bonds. The van der Waals surface area contributed by atoms with Crippen LogP contribution in [0.3, 0.4) is 0 Å². The van der Waals surface area contributed by atoms with Crippen LogP contribution < -0.4 is 5.73 Å². The van der Waals surface area contributed by atoms with E-state index in [1.54, 1.807) is 0 Å². The molecule has 0 unspecified atom stereocenters. The Labute approximate surface area is 69.8 Å². The summed E-state index contributed by atoms with van der Waals surface area (Å²) in [5.74, 6) is 1.82. The second-order valence-electron chi connectivity index (χ2n) is 3.73. The molecule has 0 aromatic heterocycles. The van der Waals surface area contributed by atoms with E-state index in [1.165, 1.54) is 19.3 Å². The first-order valence-corrected chi connectivity index (χ1v) is 3.94. The fourth-order valence-electron chi connectivity index (χ4n) is 1.65. The normalized spacial score (nSPS) is 31.2. The molecule has 1 fully saturated rings. The molecule has 1 aliphatic rings. The predicted molar refractivity (Wildman–Crippen MR) is 47.4 cm³/mol. The maximum absolute atomic E-state index is 5.64. The summed E-state index contributed by atoms with van der Waals surface area (Å²) in [6.45, 7) is 4.56. The Morgan fingerprint density at radius 2 is 1.90 bits per heavy atom. The van der Waals surface area contributed by atoms with Crippen molar-refractivity contribution in [3.05, 3.63) is 0 Å². The first-order chi connectivity index (χ1) is 4.18. The van der Waals surface area contributed by atoms with Gasteiger partial charge in [-0.25, -0.2) is 0 Å². The first-order valence-electron chi connectivity index (χ1n) is 3.94. The van der Waals surface area contributed by atoms with Crippen LogP contribution in [0.15, 0.2) is 0 Å². The molecular weight excluding hydrogens is 146 g/mol. The number of halogens is 1. The molecule has 1 nitrogen and oxygen atoms in total. The molecule has 0 atom stereocenters. The van der Waals surface area contributed by atoms with E-state index in [2.05, 4.69) is 13.8 Å². The number of rotatable bonds is 2.